The summed E-state index contributed by atoms with van der Waals surface area (Å²) >= 11 is 0. The third-order valence-electron chi connectivity index (χ3n) is 4.05. The van der Waals surface area contributed by atoms with Gasteiger partial charge in [-0.2, -0.15) is 0 Å². The second-order valence-electron chi connectivity index (χ2n) is 6.64. The molecule has 0 bridgehead atoms. The molecule has 1 heterocycles. The van der Waals surface area contributed by atoms with Gasteiger partial charge in [0.05, 0.1) is 5.69 Å². The second kappa shape index (κ2) is 6.12. The molecule has 0 saturated heterocycles. The normalized spacial score (nSPS) is 14.8. The number of nitrogens with one attached hydrogen (secondary N) is 2. The van der Waals surface area contributed by atoms with Crippen LogP contribution in [0.15, 0.2) is 42.5 Å². The molecular formula is C19H21N3O3. The molecule has 0 fully saturated rings. The first-order valence-electron chi connectivity index (χ1n) is 8.00. The highest BCUT2D eigenvalue weighted by molar-refractivity contribution is 6.10. The van der Waals surface area contributed by atoms with Crippen LogP contribution < -0.4 is 20.3 Å². The summed E-state index contributed by atoms with van der Waals surface area (Å²) in [5.74, 6) is 0.0249. The maximum absolute atomic E-state index is 12.6. The highest BCUT2D eigenvalue weighted by Crippen LogP contribution is 2.39. The van der Waals surface area contributed by atoms with Gasteiger partial charge in [0.15, 0.2) is 5.60 Å². The highest BCUT2D eigenvalue weighted by Gasteiger charge is 2.36. The van der Waals surface area contributed by atoms with Gasteiger partial charge in [0, 0.05) is 25.3 Å². The van der Waals surface area contributed by atoms with Crippen LogP contribution in [0, 0.1) is 0 Å². The van der Waals surface area contributed by atoms with E-state index in [1.165, 1.54) is 0 Å². The molecular weight excluding hydrogens is 318 g/mol. The standard InChI is InChI=1S/C19H21N3O3/c1-19(2)18(24)21-16-14(9-6-10-15(16)25-19)20-17(23)12-7-5-8-13(11-12)22(3)4/h5-11H,1-4H3,(H,20,23)(H,21,24). The van der Waals surface area contributed by atoms with Gasteiger partial charge < -0.3 is 20.3 Å². The first kappa shape index (κ1) is 16.8. The number of benzene rings is 2. The molecule has 6 heteroatoms. The van der Waals surface area contributed by atoms with Crippen LogP contribution in [0.25, 0.3) is 0 Å². The zero-order valence-electron chi connectivity index (χ0n) is 14.7. The molecule has 0 radical (unpaired) electrons. The van der Waals surface area contributed by atoms with Gasteiger partial charge in [-0.1, -0.05) is 12.1 Å². The van der Waals surface area contributed by atoms with Crippen molar-refractivity contribution in [3.8, 4) is 5.75 Å². The summed E-state index contributed by atoms with van der Waals surface area (Å²) in [5.41, 5.74) is 1.49. The molecule has 0 atom stereocenters. The van der Waals surface area contributed by atoms with Gasteiger partial charge in [-0.25, -0.2) is 0 Å². The number of carbonyl (C=O) groups is 2. The van der Waals surface area contributed by atoms with Crippen LogP contribution in [-0.2, 0) is 4.79 Å². The van der Waals surface area contributed by atoms with E-state index in [2.05, 4.69) is 10.6 Å². The van der Waals surface area contributed by atoms with Crippen LogP contribution in [-0.4, -0.2) is 31.5 Å². The van der Waals surface area contributed by atoms with E-state index in [0.29, 0.717) is 22.7 Å². The van der Waals surface area contributed by atoms with Gasteiger partial charge in [-0.05, 0) is 44.2 Å². The Labute approximate surface area is 146 Å². The quantitative estimate of drug-likeness (QED) is 0.901. The minimum absolute atomic E-state index is 0.253. The average Bonchev–Trinajstić information content (AvgIpc) is 2.56. The summed E-state index contributed by atoms with van der Waals surface area (Å²) in [5, 5.41) is 5.67. The van der Waals surface area contributed by atoms with E-state index in [4.69, 9.17) is 4.74 Å². The lowest BCUT2D eigenvalue weighted by Crippen LogP contribution is -2.45. The molecule has 0 aromatic heterocycles. The van der Waals surface area contributed by atoms with Gasteiger partial charge in [-0.3, -0.25) is 9.59 Å². The Morgan fingerprint density at radius 3 is 2.60 bits per heavy atom. The Kier molecular flexibility index (Phi) is 4.12. The molecule has 2 N–H and O–H groups in total. The van der Waals surface area contributed by atoms with Gasteiger partial charge in [0.25, 0.3) is 11.8 Å². The van der Waals surface area contributed by atoms with E-state index in [-0.39, 0.29) is 11.8 Å². The van der Waals surface area contributed by atoms with E-state index < -0.39 is 5.60 Å². The molecule has 0 unspecified atom stereocenters. The van der Waals surface area contributed by atoms with E-state index in [1.807, 2.05) is 37.2 Å². The molecule has 1 aliphatic heterocycles. The van der Waals surface area contributed by atoms with Crippen molar-refractivity contribution in [3.05, 3.63) is 48.0 Å². The fourth-order valence-electron chi connectivity index (χ4n) is 2.55. The van der Waals surface area contributed by atoms with Crippen molar-refractivity contribution < 1.29 is 14.3 Å². The number of para-hydroxylation sites is 1. The Morgan fingerprint density at radius 2 is 1.88 bits per heavy atom. The summed E-state index contributed by atoms with van der Waals surface area (Å²) in [6.45, 7) is 3.40. The maximum atomic E-state index is 12.6. The highest BCUT2D eigenvalue weighted by atomic mass is 16.5. The van der Waals surface area contributed by atoms with Crippen molar-refractivity contribution in [1.29, 1.82) is 0 Å². The van der Waals surface area contributed by atoms with Crippen LogP contribution in [0.3, 0.4) is 0 Å². The molecule has 1 aliphatic rings. The summed E-state index contributed by atoms with van der Waals surface area (Å²) < 4.78 is 5.74. The lowest BCUT2D eigenvalue weighted by Gasteiger charge is -2.32. The number of fused-ring (bicyclic) bond motifs is 1. The van der Waals surface area contributed by atoms with Crippen LogP contribution in [0.4, 0.5) is 17.1 Å². The Balaban J connectivity index is 1.88. The van der Waals surface area contributed by atoms with Crippen LogP contribution in [0.5, 0.6) is 5.75 Å². The van der Waals surface area contributed by atoms with Crippen molar-refractivity contribution in [2.24, 2.45) is 0 Å². The van der Waals surface area contributed by atoms with E-state index >= 15 is 0 Å². The molecule has 0 spiro atoms. The first-order valence-corrected chi connectivity index (χ1v) is 8.00. The molecule has 3 rings (SSSR count). The number of ether oxygens (including phenoxy) is 1. The fraction of sp³-hybridized carbons (Fsp3) is 0.263. The van der Waals surface area contributed by atoms with E-state index in [1.54, 1.807) is 38.1 Å². The third kappa shape index (κ3) is 3.28. The van der Waals surface area contributed by atoms with Crippen LogP contribution in [0.2, 0.25) is 0 Å². The predicted octanol–water partition coefficient (Wildman–Crippen LogP) is 3.11. The van der Waals surface area contributed by atoms with Crippen molar-refractivity contribution in [1.82, 2.24) is 0 Å². The number of hydrogen-bond acceptors (Lipinski definition) is 4. The SMILES string of the molecule is CN(C)c1cccc(C(=O)Nc2cccc3c2NC(=O)C(C)(C)O3)c1. The Morgan fingerprint density at radius 1 is 1.16 bits per heavy atom. The second-order valence-corrected chi connectivity index (χ2v) is 6.64. The predicted molar refractivity (Wildman–Crippen MR) is 98.5 cm³/mol. The van der Waals surface area contributed by atoms with Crippen molar-refractivity contribution in [2.45, 2.75) is 19.4 Å². The maximum Gasteiger partial charge on any atom is 0.268 e. The van der Waals surface area contributed by atoms with E-state index in [0.717, 1.165) is 5.69 Å². The van der Waals surface area contributed by atoms with Gasteiger partial charge in [-0.15, -0.1) is 0 Å². The van der Waals surface area contributed by atoms with Gasteiger partial charge >= 0.3 is 0 Å². The zero-order valence-corrected chi connectivity index (χ0v) is 14.7. The van der Waals surface area contributed by atoms with Crippen molar-refractivity contribution in [2.75, 3.05) is 29.6 Å². The number of hydrogen-bond donors (Lipinski definition) is 2. The number of rotatable bonds is 3. The summed E-state index contributed by atoms with van der Waals surface area (Å²) in [7, 11) is 3.83. The molecule has 2 aromatic carbocycles. The Bertz CT molecular complexity index is 844. The lowest BCUT2D eigenvalue weighted by molar-refractivity contribution is -0.129. The minimum atomic E-state index is -0.949. The molecule has 2 amide bonds. The molecule has 25 heavy (non-hydrogen) atoms. The van der Waals surface area contributed by atoms with Crippen LogP contribution >= 0.6 is 0 Å². The van der Waals surface area contributed by atoms with E-state index in [9.17, 15) is 9.59 Å². The number of amides is 2. The largest absolute Gasteiger partial charge is 0.476 e. The van der Waals surface area contributed by atoms with Crippen LogP contribution in [0.1, 0.15) is 24.2 Å². The molecule has 2 aromatic rings. The minimum Gasteiger partial charge on any atom is -0.476 e. The molecule has 0 saturated carbocycles. The average molecular weight is 339 g/mol. The number of anilines is 3. The molecule has 0 aliphatic carbocycles. The summed E-state index contributed by atoms with van der Waals surface area (Å²) in [6.07, 6.45) is 0. The topological polar surface area (TPSA) is 70.7 Å². The van der Waals surface area contributed by atoms with Gasteiger partial charge in [0.1, 0.15) is 11.4 Å². The third-order valence-corrected chi connectivity index (χ3v) is 4.05. The molecule has 6 nitrogen and oxygen atoms in total. The van der Waals surface area contributed by atoms with Crippen molar-refractivity contribution >= 4 is 28.9 Å². The van der Waals surface area contributed by atoms with Crippen molar-refractivity contribution in [3.63, 3.8) is 0 Å². The monoisotopic (exact) mass is 339 g/mol. The lowest BCUT2D eigenvalue weighted by atomic mass is 10.1. The summed E-state index contributed by atoms with van der Waals surface area (Å²) in [6, 6.07) is 12.6. The van der Waals surface area contributed by atoms with Gasteiger partial charge in [0.2, 0.25) is 0 Å². The zero-order chi connectivity index (χ0) is 18.2. The number of nitrogens with zero attached hydrogens (tertiary/aromatic N) is 1. The smallest absolute Gasteiger partial charge is 0.268 e. The molecule has 130 valence electrons. The summed E-state index contributed by atoms with van der Waals surface area (Å²) in [4.78, 5) is 26.7. The fourth-order valence-corrected chi connectivity index (χ4v) is 2.55. The Hall–Kier alpha value is -3.02. The first-order chi connectivity index (χ1) is 11.8. The number of carbonyl (C=O) groups excluding carboxylic acids is 2.